The highest BCUT2D eigenvalue weighted by Gasteiger charge is 2.31. The van der Waals surface area contributed by atoms with E-state index in [-0.39, 0.29) is 11.3 Å². The van der Waals surface area contributed by atoms with E-state index in [1.54, 1.807) is 6.07 Å². The van der Waals surface area contributed by atoms with Crippen molar-refractivity contribution in [2.45, 2.75) is 32.9 Å². The summed E-state index contributed by atoms with van der Waals surface area (Å²) < 4.78 is 0. The number of amides is 1. The number of benzene rings is 1. The summed E-state index contributed by atoms with van der Waals surface area (Å²) in [5, 5.41) is 7.03. The first-order valence-electron chi connectivity index (χ1n) is 6.82. The van der Waals surface area contributed by atoms with Crippen LogP contribution in [-0.2, 0) is 6.54 Å². The fourth-order valence-corrected chi connectivity index (χ4v) is 2.62. The van der Waals surface area contributed by atoms with Gasteiger partial charge in [-0.3, -0.25) is 4.79 Å². The van der Waals surface area contributed by atoms with Crippen molar-refractivity contribution < 1.29 is 4.79 Å². The zero-order valence-electron chi connectivity index (χ0n) is 11.7. The van der Waals surface area contributed by atoms with Gasteiger partial charge in [0.2, 0.25) is 5.91 Å². The van der Waals surface area contributed by atoms with Crippen molar-refractivity contribution in [3.63, 3.8) is 0 Å². The molecule has 0 aliphatic carbocycles. The van der Waals surface area contributed by atoms with Crippen LogP contribution in [0.1, 0.15) is 36.2 Å². The lowest BCUT2D eigenvalue weighted by Gasteiger charge is -2.39. The van der Waals surface area contributed by atoms with Crippen molar-refractivity contribution in [3.05, 3.63) is 35.4 Å². The van der Waals surface area contributed by atoms with E-state index in [1.165, 1.54) is 0 Å². The molecule has 1 fully saturated rings. The SMILES string of the molecule is CC1(C)CNCCC1NCc1cccc(C(N)=O)c1. The van der Waals surface area contributed by atoms with Gasteiger partial charge in [0.15, 0.2) is 0 Å². The minimum absolute atomic E-state index is 0.250. The second kappa shape index (κ2) is 5.72. The average molecular weight is 261 g/mol. The Morgan fingerprint density at radius 3 is 3.00 bits per heavy atom. The lowest BCUT2D eigenvalue weighted by Crippen LogP contribution is -2.52. The molecule has 1 aliphatic heterocycles. The lowest BCUT2D eigenvalue weighted by molar-refractivity contribution is 0.1000. The third-order valence-corrected chi connectivity index (χ3v) is 3.90. The Kier molecular flexibility index (Phi) is 4.22. The normalized spacial score (nSPS) is 22.1. The molecule has 1 unspecified atom stereocenters. The Morgan fingerprint density at radius 1 is 1.53 bits per heavy atom. The van der Waals surface area contributed by atoms with Crippen LogP contribution < -0.4 is 16.4 Å². The Labute approximate surface area is 114 Å². The molecule has 1 heterocycles. The monoisotopic (exact) mass is 261 g/mol. The highest BCUT2D eigenvalue weighted by atomic mass is 16.1. The minimum atomic E-state index is -0.371. The molecule has 1 aromatic rings. The first-order chi connectivity index (χ1) is 8.99. The van der Waals surface area contributed by atoms with Crippen LogP contribution in [0.3, 0.4) is 0 Å². The predicted molar refractivity (Wildman–Crippen MR) is 76.9 cm³/mol. The van der Waals surface area contributed by atoms with Gasteiger partial charge in [-0.25, -0.2) is 0 Å². The topological polar surface area (TPSA) is 67.2 Å². The quantitative estimate of drug-likeness (QED) is 0.764. The maximum atomic E-state index is 11.2. The fraction of sp³-hybridized carbons (Fsp3) is 0.533. The molecular formula is C15H23N3O. The van der Waals surface area contributed by atoms with E-state index >= 15 is 0 Å². The summed E-state index contributed by atoms with van der Waals surface area (Å²) in [7, 11) is 0. The van der Waals surface area contributed by atoms with Gasteiger partial charge >= 0.3 is 0 Å². The number of piperidine rings is 1. The fourth-order valence-electron chi connectivity index (χ4n) is 2.62. The Morgan fingerprint density at radius 2 is 2.32 bits per heavy atom. The standard InChI is InChI=1S/C15H23N3O/c1-15(2)10-17-7-6-13(15)18-9-11-4-3-5-12(8-11)14(16)19/h3-5,8,13,17-18H,6-7,9-10H2,1-2H3,(H2,16,19). The van der Waals surface area contributed by atoms with Crippen LogP contribution in [0.2, 0.25) is 0 Å². The summed E-state index contributed by atoms with van der Waals surface area (Å²) in [6.07, 6.45) is 1.13. The highest BCUT2D eigenvalue weighted by molar-refractivity contribution is 5.92. The second-order valence-electron chi connectivity index (χ2n) is 5.95. The van der Waals surface area contributed by atoms with E-state index in [0.29, 0.717) is 11.6 Å². The molecule has 4 nitrogen and oxygen atoms in total. The van der Waals surface area contributed by atoms with Crippen LogP contribution in [0.25, 0.3) is 0 Å². The average Bonchev–Trinajstić information content (AvgIpc) is 2.37. The van der Waals surface area contributed by atoms with Crippen LogP contribution in [0, 0.1) is 5.41 Å². The van der Waals surface area contributed by atoms with Crippen molar-refractivity contribution in [2.75, 3.05) is 13.1 Å². The van der Waals surface area contributed by atoms with E-state index in [1.807, 2.05) is 18.2 Å². The van der Waals surface area contributed by atoms with E-state index in [4.69, 9.17) is 5.73 Å². The number of nitrogens with one attached hydrogen (secondary N) is 2. The summed E-state index contributed by atoms with van der Waals surface area (Å²) >= 11 is 0. The Balaban J connectivity index is 1.98. The molecule has 0 spiro atoms. The molecule has 1 aromatic carbocycles. The van der Waals surface area contributed by atoms with Gasteiger partial charge in [-0.05, 0) is 36.1 Å². The van der Waals surface area contributed by atoms with Crippen molar-refractivity contribution >= 4 is 5.91 Å². The molecule has 19 heavy (non-hydrogen) atoms. The summed E-state index contributed by atoms with van der Waals surface area (Å²) in [4.78, 5) is 11.2. The van der Waals surface area contributed by atoms with Crippen LogP contribution in [0.4, 0.5) is 0 Å². The van der Waals surface area contributed by atoms with E-state index < -0.39 is 0 Å². The van der Waals surface area contributed by atoms with Gasteiger partial charge in [0, 0.05) is 24.7 Å². The molecule has 0 aromatic heterocycles. The highest BCUT2D eigenvalue weighted by Crippen LogP contribution is 2.25. The number of nitrogens with two attached hydrogens (primary N) is 1. The van der Waals surface area contributed by atoms with Crippen molar-refractivity contribution in [3.8, 4) is 0 Å². The molecule has 4 N–H and O–H groups in total. The van der Waals surface area contributed by atoms with Crippen LogP contribution in [0.15, 0.2) is 24.3 Å². The summed E-state index contributed by atoms with van der Waals surface area (Å²) in [6.45, 7) is 7.41. The Hall–Kier alpha value is -1.39. The van der Waals surface area contributed by atoms with E-state index in [0.717, 1.165) is 31.6 Å². The van der Waals surface area contributed by atoms with Crippen molar-refractivity contribution in [2.24, 2.45) is 11.1 Å². The number of carbonyl (C=O) groups is 1. The number of carbonyl (C=O) groups excluding carboxylic acids is 1. The molecular weight excluding hydrogens is 238 g/mol. The van der Waals surface area contributed by atoms with Gasteiger partial charge in [-0.15, -0.1) is 0 Å². The summed E-state index contributed by atoms with van der Waals surface area (Å²) in [6, 6.07) is 8.01. The second-order valence-corrected chi connectivity index (χ2v) is 5.95. The van der Waals surface area contributed by atoms with Gasteiger partial charge < -0.3 is 16.4 Å². The van der Waals surface area contributed by atoms with Gasteiger partial charge in [-0.2, -0.15) is 0 Å². The predicted octanol–water partition coefficient (Wildman–Crippen LogP) is 1.26. The minimum Gasteiger partial charge on any atom is -0.366 e. The third-order valence-electron chi connectivity index (χ3n) is 3.90. The molecule has 4 heteroatoms. The van der Waals surface area contributed by atoms with E-state index in [2.05, 4.69) is 24.5 Å². The first kappa shape index (κ1) is 14.0. The molecule has 1 amide bonds. The number of primary amides is 1. The van der Waals surface area contributed by atoms with Gasteiger partial charge in [0.05, 0.1) is 0 Å². The summed E-state index contributed by atoms with van der Waals surface area (Å²) in [5.74, 6) is -0.371. The maximum Gasteiger partial charge on any atom is 0.248 e. The molecule has 0 radical (unpaired) electrons. The molecule has 1 atom stereocenters. The van der Waals surface area contributed by atoms with Crippen LogP contribution >= 0.6 is 0 Å². The molecule has 1 aliphatic rings. The zero-order valence-corrected chi connectivity index (χ0v) is 11.7. The molecule has 104 valence electrons. The zero-order chi connectivity index (χ0) is 13.9. The van der Waals surface area contributed by atoms with Crippen molar-refractivity contribution in [1.29, 1.82) is 0 Å². The Bertz CT molecular complexity index is 456. The molecule has 0 saturated carbocycles. The third kappa shape index (κ3) is 3.55. The van der Waals surface area contributed by atoms with E-state index in [9.17, 15) is 4.79 Å². The number of hydrogen-bond acceptors (Lipinski definition) is 3. The van der Waals surface area contributed by atoms with Crippen molar-refractivity contribution in [1.82, 2.24) is 10.6 Å². The van der Waals surface area contributed by atoms with Crippen LogP contribution in [0.5, 0.6) is 0 Å². The number of hydrogen-bond donors (Lipinski definition) is 3. The molecule has 1 saturated heterocycles. The first-order valence-corrected chi connectivity index (χ1v) is 6.82. The largest absolute Gasteiger partial charge is 0.366 e. The van der Waals surface area contributed by atoms with Gasteiger partial charge in [-0.1, -0.05) is 26.0 Å². The lowest BCUT2D eigenvalue weighted by atomic mass is 9.80. The maximum absolute atomic E-state index is 11.2. The number of rotatable bonds is 4. The van der Waals surface area contributed by atoms with Crippen LogP contribution in [-0.4, -0.2) is 25.0 Å². The van der Waals surface area contributed by atoms with Gasteiger partial charge in [0.25, 0.3) is 0 Å². The molecule has 0 bridgehead atoms. The molecule has 2 rings (SSSR count). The smallest absolute Gasteiger partial charge is 0.248 e. The summed E-state index contributed by atoms with van der Waals surface area (Å²) in [5.41, 5.74) is 7.22. The van der Waals surface area contributed by atoms with Gasteiger partial charge in [0.1, 0.15) is 0 Å².